The van der Waals surface area contributed by atoms with E-state index in [2.05, 4.69) is 0 Å². The third kappa shape index (κ3) is 4.10. The second-order valence-electron chi connectivity index (χ2n) is 5.77. The number of sulfonamides is 1. The zero-order valence-corrected chi connectivity index (χ0v) is 14.7. The van der Waals surface area contributed by atoms with Crippen molar-refractivity contribution in [3.05, 3.63) is 29.3 Å². The van der Waals surface area contributed by atoms with Crippen LogP contribution in [-0.2, 0) is 19.6 Å². The molecule has 2 rings (SSSR count). The summed E-state index contributed by atoms with van der Waals surface area (Å²) >= 11 is 0. The van der Waals surface area contributed by atoms with Gasteiger partial charge in [-0.05, 0) is 37.1 Å². The highest BCUT2D eigenvalue weighted by atomic mass is 32.2. The summed E-state index contributed by atoms with van der Waals surface area (Å²) in [4.78, 5) is 14.0. The van der Waals surface area contributed by atoms with Crippen LogP contribution in [0.25, 0.3) is 0 Å². The number of carbonyl (C=O) groups excluding carboxylic acids is 1. The maximum absolute atomic E-state index is 12.7. The molecule has 1 saturated heterocycles. The summed E-state index contributed by atoms with van der Waals surface area (Å²) in [5, 5.41) is 0. The standard InChI is InChI=1S/C16H24N2O4S/c1-13-4-5-15(12-14(13)2)23(20,21)18-9-7-17(8-10-18)16(19)6-11-22-3/h4-5,12H,6-11H2,1-3H3. The minimum absolute atomic E-state index is 0.00933. The Morgan fingerprint density at radius 1 is 1.13 bits per heavy atom. The largest absolute Gasteiger partial charge is 0.384 e. The summed E-state index contributed by atoms with van der Waals surface area (Å²) in [5.41, 5.74) is 2.02. The number of methoxy groups -OCH3 is 1. The van der Waals surface area contributed by atoms with Gasteiger partial charge in [0.2, 0.25) is 15.9 Å². The number of hydrogen-bond acceptors (Lipinski definition) is 4. The summed E-state index contributed by atoms with van der Waals surface area (Å²) in [5.74, 6) is 0.00933. The summed E-state index contributed by atoms with van der Waals surface area (Å²) in [6.45, 7) is 5.75. The zero-order valence-electron chi connectivity index (χ0n) is 13.9. The summed E-state index contributed by atoms with van der Waals surface area (Å²) in [6, 6.07) is 5.18. The third-order valence-electron chi connectivity index (χ3n) is 4.23. The van der Waals surface area contributed by atoms with Crippen molar-refractivity contribution in [2.45, 2.75) is 25.2 Å². The quantitative estimate of drug-likeness (QED) is 0.807. The number of aryl methyl sites for hydroxylation is 2. The van der Waals surface area contributed by atoms with Crippen molar-refractivity contribution in [1.29, 1.82) is 0 Å². The van der Waals surface area contributed by atoms with Gasteiger partial charge in [0.15, 0.2) is 0 Å². The number of carbonyl (C=O) groups is 1. The Balaban J connectivity index is 2.03. The first-order valence-corrected chi connectivity index (χ1v) is 9.14. The van der Waals surface area contributed by atoms with Crippen molar-refractivity contribution in [3.8, 4) is 0 Å². The maximum Gasteiger partial charge on any atom is 0.243 e. The molecule has 23 heavy (non-hydrogen) atoms. The van der Waals surface area contributed by atoms with Crippen molar-refractivity contribution >= 4 is 15.9 Å². The van der Waals surface area contributed by atoms with Gasteiger partial charge in [-0.3, -0.25) is 4.79 Å². The topological polar surface area (TPSA) is 66.9 Å². The van der Waals surface area contributed by atoms with E-state index >= 15 is 0 Å². The Hall–Kier alpha value is -1.44. The van der Waals surface area contributed by atoms with E-state index in [0.717, 1.165) is 11.1 Å². The monoisotopic (exact) mass is 340 g/mol. The molecule has 1 heterocycles. The Labute approximate surface area is 138 Å². The van der Waals surface area contributed by atoms with Crippen LogP contribution in [0.1, 0.15) is 17.5 Å². The highest BCUT2D eigenvalue weighted by Gasteiger charge is 2.30. The van der Waals surface area contributed by atoms with Crippen LogP contribution >= 0.6 is 0 Å². The van der Waals surface area contributed by atoms with E-state index in [0.29, 0.717) is 44.1 Å². The van der Waals surface area contributed by atoms with E-state index in [1.54, 1.807) is 24.1 Å². The van der Waals surface area contributed by atoms with Gasteiger partial charge in [-0.1, -0.05) is 6.07 Å². The SMILES string of the molecule is COCCC(=O)N1CCN(S(=O)(=O)c2ccc(C)c(C)c2)CC1. The van der Waals surface area contributed by atoms with Gasteiger partial charge in [-0.25, -0.2) is 8.42 Å². The van der Waals surface area contributed by atoms with Crippen LogP contribution in [-0.4, -0.2) is 63.4 Å². The van der Waals surface area contributed by atoms with Crippen molar-refractivity contribution in [2.24, 2.45) is 0 Å². The molecule has 1 aliphatic heterocycles. The number of ether oxygens (including phenoxy) is 1. The molecular weight excluding hydrogens is 316 g/mol. The van der Waals surface area contributed by atoms with Gasteiger partial charge in [0.25, 0.3) is 0 Å². The number of amides is 1. The molecule has 1 fully saturated rings. The lowest BCUT2D eigenvalue weighted by molar-refractivity contribution is -0.133. The second-order valence-corrected chi connectivity index (χ2v) is 7.71. The van der Waals surface area contributed by atoms with Gasteiger partial charge in [-0.2, -0.15) is 4.31 Å². The molecule has 6 nitrogen and oxygen atoms in total. The van der Waals surface area contributed by atoms with Crippen molar-refractivity contribution in [3.63, 3.8) is 0 Å². The fourth-order valence-electron chi connectivity index (χ4n) is 2.55. The molecule has 0 unspecified atom stereocenters. The fourth-order valence-corrected chi connectivity index (χ4v) is 4.06. The van der Waals surface area contributed by atoms with Crippen LogP contribution in [0.2, 0.25) is 0 Å². The van der Waals surface area contributed by atoms with Gasteiger partial charge >= 0.3 is 0 Å². The normalized spacial score (nSPS) is 16.6. The van der Waals surface area contributed by atoms with Gasteiger partial charge < -0.3 is 9.64 Å². The predicted molar refractivity (Wildman–Crippen MR) is 87.7 cm³/mol. The summed E-state index contributed by atoms with van der Waals surface area (Å²) in [7, 11) is -1.94. The summed E-state index contributed by atoms with van der Waals surface area (Å²) in [6.07, 6.45) is 0.334. The number of hydrogen-bond donors (Lipinski definition) is 0. The molecule has 0 bridgehead atoms. The first-order chi connectivity index (χ1) is 10.9. The first kappa shape index (κ1) is 17.9. The second kappa shape index (κ2) is 7.42. The average Bonchev–Trinajstić information content (AvgIpc) is 2.55. The average molecular weight is 340 g/mol. The molecule has 1 aliphatic rings. The van der Waals surface area contributed by atoms with Gasteiger partial charge in [0.1, 0.15) is 0 Å². The molecule has 128 valence electrons. The van der Waals surface area contributed by atoms with E-state index in [9.17, 15) is 13.2 Å². The Bertz CT molecular complexity index is 665. The third-order valence-corrected chi connectivity index (χ3v) is 6.12. The maximum atomic E-state index is 12.7. The Morgan fingerprint density at radius 3 is 2.35 bits per heavy atom. The molecular formula is C16H24N2O4S. The Kier molecular flexibility index (Phi) is 5.78. The first-order valence-electron chi connectivity index (χ1n) is 7.70. The molecule has 0 saturated carbocycles. The molecule has 0 spiro atoms. The van der Waals surface area contributed by atoms with Crippen LogP contribution in [0.4, 0.5) is 0 Å². The van der Waals surface area contributed by atoms with E-state index in [-0.39, 0.29) is 5.91 Å². The molecule has 1 aromatic rings. The Morgan fingerprint density at radius 2 is 1.78 bits per heavy atom. The van der Waals surface area contributed by atoms with Gasteiger partial charge in [0.05, 0.1) is 17.9 Å². The smallest absolute Gasteiger partial charge is 0.243 e. The molecule has 0 aliphatic carbocycles. The molecule has 1 amide bonds. The lowest BCUT2D eigenvalue weighted by Crippen LogP contribution is -2.50. The number of piperazine rings is 1. The zero-order chi connectivity index (χ0) is 17.0. The van der Waals surface area contributed by atoms with E-state index in [1.807, 2.05) is 19.9 Å². The van der Waals surface area contributed by atoms with E-state index < -0.39 is 10.0 Å². The highest BCUT2D eigenvalue weighted by Crippen LogP contribution is 2.20. The highest BCUT2D eigenvalue weighted by molar-refractivity contribution is 7.89. The van der Waals surface area contributed by atoms with E-state index in [1.165, 1.54) is 4.31 Å². The fraction of sp³-hybridized carbons (Fsp3) is 0.562. The van der Waals surface area contributed by atoms with E-state index in [4.69, 9.17) is 4.74 Å². The van der Waals surface area contributed by atoms with Gasteiger partial charge in [0, 0.05) is 33.3 Å². The van der Waals surface area contributed by atoms with Crippen LogP contribution in [0.5, 0.6) is 0 Å². The van der Waals surface area contributed by atoms with Crippen LogP contribution in [0.15, 0.2) is 23.1 Å². The van der Waals surface area contributed by atoms with Crippen LogP contribution in [0, 0.1) is 13.8 Å². The summed E-state index contributed by atoms with van der Waals surface area (Å²) < 4.78 is 31.8. The van der Waals surface area contributed by atoms with Crippen molar-refractivity contribution < 1.29 is 17.9 Å². The molecule has 0 N–H and O–H groups in total. The predicted octanol–water partition coefficient (Wildman–Crippen LogP) is 1.17. The van der Waals surface area contributed by atoms with Crippen molar-refractivity contribution in [1.82, 2.24) is 9.21 Å². The molecule has 0 radical (unpaired) electrons. The van der Waals surface area contributed by atoms with Crippen LogP contribution in [0.3, 0.4) is 0 Å². The molecule has 0 atom stereocenters. The van der Waals surface area contributed by atoms with Crippen LogP contribution < -0.4 is 0 Å². The lowest BCUT2D eigenvalue weighted by Gasteiger charge is -2.34. The molecule has 0 aromatic heterocycles. The number of nitrogens with zero attached hydrogens (tertiary/aromatic N) is 2. The minimum atomic E-state index is -3.50. The van der Waals surface area contributed by atoms with Crippen molar-refractivity contribution in [2.75, 3.05) is 39.9 Å². The molecule has 7 heteroatoms. The van der Waals surface area contributed by atoms with Gasteiger partial charge in [-0.15, -0.1) is 0 Å². The number of benzene rings is 1. The lowest BCUT2D eigenvalue weighted by atomic mass is 10.1. The molecule has 1 aromatic carbocycles. The number of rotatable bonds is 5. The minimum Gasteiger partial charge on any atom is -0.384 e.